The molecule has 0 radical (unpaired) electrons. The molecule has 92 valence electrons. The van der Waals surface area contributed by atoms with E-state index in [1.807, 2.05) is 28.8 Å². The Morgan fingerprint density at radius 2 is 1.89 bits per heavy atom. The highest BCUT2D eigenvalue weighted by Gasteiger charge is 2.26. The van der Waals surface area contributed by atoms with Gasteiger partial charge in [-0.05, 0) is 28.1 Å². The highest BCUT2D eigenvalue weighted by atomic mass is 79.9. The van der Waals surface area contributed by atoms with Crippen molar-refractivity contribution in [2.75, 3.05) is 0 Å². The number of fused-ring (bicyclic) bond motifs is 3. The molecule has 0 aliphatic heterocycles. The van der Waals surface area contributed by atoms with Crippen molar-refractivity contribution in [3.05, 3.63) is 46.7 Å². The van der Waals surface area contributed by atoms with Crippen LogP contribution in [0.15, 0.2) is 41.1 Å². The Morgan fingerprint density at radius 3 is 2.61 bits per heavy atom. The van der Waals surface area contributed by atoms with Gasteiger partial charge in [0.1, 0.15) is 0 Å². The minimum atomic E-state index is -1.48. The topological polar surface area (TPSA) is 17.3 Å². The molecule has 0 aliphatic rings. The van der Waals surface area contributed by atoms with Crippen molar-refractivity contribution in [1.29, 1.82) is 0 Å². The van der Waals surface area contributed by atoms with Crippen molar-refractivity contribution in [1.82, 2.24) is 9.38 Å². The summed E-state index contributed by atoms with van der Waals surface area (Å²) < 4.78 is 1.51. The van der Waals surface area contributed by atoms with Gasteiger partial charge in [0.15, 0.2) is 0 Å². The number of rotatable bonds is 0. The van der Waals surface area contributed by atoms with Gasteiger partial charge in [-0.25, -0.2) is 0 Å². The van der Waals surface area contributed by atoms with Crippen LogP contribution in [0.1, 0.15) is 5.56 Å². The Balaban J connectivity index is 2.47. The molecule has 2 heterocycles. The maximum atomic E-state index is 5.97. The molecular weight excluding hydrogens is 358 g/mol. The Morgan fingerprint density at radius 1 is 1.11 bits per heavy atom. The average molecular weight is 364 g/mol. The molecule has 3 aromatic rings. The van der Waals surface area contributed by atoms with Crippen LogP contribution < -0.4 is 0 Å². The summed E-state index contributed by atoms with van der Waals surface area (Å²) in [5.74, 6) is 0. The molecule has 0 saturated carbocycles. The van der Waals surface area contributed by atoms with Crippen LogP contribution in [-0.4, -0.2) is 9.38 Å². The lowest BCUT2D eigenvalue weighted by atomic mass is 10.2. The van der Waals surface area contributed by atoms with E-state index in [0.29, 0.717) is 11.1 Å². The van der Waals surface area contributed by atoms with Gasteiger partial charge in [-0.1, -0.05) is 46.9 Å². The van der Waals surface area contributed by atoms with Crippen LogP contribution >= 0.6 is 50.7 Å². The molecule has 6 heteroatoms. The van der Waals surface area contributed by atoms with E-state index in [1.165, 1.54) is 0 Å². The molecule has 3 rings (SSSR count). The Hall–Kier alpha value is -0.480. The van der Waals surface area contributed by atoms with Crippen molar-refractivity contribution in [3.8, 4) is 0 Å². The molecule has 0 saturated heterocycles. The second kappa shape index (κ2) is 4.27. The summed E-state index contributed by atoms with van der Waals surface area (Å²) in [6, 6.07) is 7.53. The fourth-order valence-electron chi connectivity index (χ4n) is 1.97. The van der Waals surface area contributed by atoms with Gasteiger partial charge >= 0.3 is 0 Å². The third-order valence-corrected chi connectivity index (χ3v) is 4.05. The SMILES string of the molecule is ClC(Cl)(Cl)c1cccc2c1ncc1c(Br)ccn12. The molecule has 0 aliphatic carbocycles. The summed E-state index contributed by atoms with van der Waals surface area (Å²) in [6.45, 7) is 0. The van der Waals surface area contributed by atoms with Crippen molar-refractivity contribution < 1.29 is 0 Å². The monoisotopic (exact) mass is 362 g/mol. The molecule has 0 N–H and O–H groups in total. The standard InChI is InChI=1S/C12H6BrCl3N2/c13-8-4-5-18-9-3-1-2-7(12(14,15)16)11(9)17-6-10(8)18/h1-6H. The van der Waals surface area contributed by atoms with E-state index in [9.17, 15) is 0 Å². The average Bonchev–Trinajstić information content (AvgIpc) is 2.69. The predicted molar refractivity (Wildman–Crippen MR) is 79.6 cm³/mol. The molecule has 0 bridgehead atoms. The summed E-state index contributed by atoms with van der Waals surface area (Å²) in [7, 11) is 0. The maximum absolute atomic E-state index is 5.97. The normalized spacial score (nSPS) is 12.4. The molecular formula is C12H6BrCl3N2. The van der Waals surface area contributed by atoms with E-state index in [4.69, 9.17) is 34.8 Å². The first kappa shape index (κ1) is 12.5. The van der Waals surface area contributed by atoms with E-state index in [0.717, 1.165) is 15.5 Å². The summed E-state index contributed by atoms with van der Waals surface area (Å²) in [5, 5.41) is 0. The molecule has 0 fully saturated rings. The Labute approximate surface area is 127 Å². The minimum Gasteiger partial charge on any atom is -0.312 e. The van der Waals surface area contributed by atoms with Gasteiger partial charge in [0, 0.05) is 16.2 Å². The van der Waals surface area contributed by atoms with Crippen molar-refractivity contribution in [2.45, 2.75) is 3.79 Å². The van der Waals surface area contributed by atoms with Crippen LogP contribution in [0.25, 0.3) is 16.6 Å². The maximum Gasteiger partial charge on any atom is 0.218 e. The Bertz CT molecular complexity index is 746. The zero-order valence-corrected chi connectivity index (χ0v) is 12.7. The van der Waals surface area contributed by atoms with Crippen LogP contribution in [0.3, 0.4) is 0 Å². The third kappa shape index (κ3) is 1.90. The van der Waals surface area contributed by atoms with E-state index in [-0.39, 0.29) is 0 Å². The number of alkyl halides is 3. The first-order valence-electron chi connectivity index (χ1n) is 5.10. The number of nitrogens with zero attached hydrogens (tertiary/aromatic N) is 2. The minimum absolute atomic E-state index is 0.580. The molecule has 0 atom stereocenters. The molecule has 0 amide bonds. The van der Waals surface area contributed by atoms with E-state index in [1.54, 1.807) is 12.3 Å². The van der Waals surface area contributed by atoms with Crippen molar-refractivity contribution in [3.63, 3.8) is 0 Å². The number of halogens is 4. The fraction of sp³-hybridized carbons (Fsp3) is 0.0833. The first-order valence-corrected chi connectivity index (χ1v) is 7.02. The number of benzene rings is 1. The number of aromatic nitrogens is 2. The summed E-state index contributed by atoms with van der Waals surface area (Å²) >= 11 is 21.4. The van der Waals surface area contributed by atoms with Gasteiger partial charge in [0.05, 0.1) is 22.7 Å². The zero-order chi connectivity index (χ0) is 12.9. The summed E-state index contributed by atoms with van der Waals surface area (Å²) in [4.78, 5) is 4.40. The van der Waals surface area contributed by atoms with E-state index < -0.39 is 3.79 Å². The number of hydrogen-bond donors (Lipinski definition) is 0. The first-order chi connectivity index (χ1) is 8.48. The van der Waals surface area contributed by atoms with Crippen LogP contribution in [0.2, 0.25) is 0 Å². The third-order valence-electron chi connectivity index (χ3n) is 2.77. The largest absolute Gasteiger partial charge is 0.312 e. The summed E-state index contributed by atoms with van der Waals surface area (Å²) in [6.07, 6.45) is 3.71. The molecule has 0 spiro atoms. The number of hydrogen-bond acceptors (Lipinski definition) is 1. The van der Waals surface area contributed by atoms with Gasteiger partial charge in [-0.15, -0.1) is 0 Å². The van der Waals surface area contributed by atoms with Gasteiger partial charge in [0.2, 0.25) is 3.79 Å². The van der Waals surface area contributed by atoms with Gasteiger partial charge in [0.25, 0.3) is 0 Å². The molecule has 1 aromatic carbocycles. The van der Waals surface area contributed by atoms with Crippen LogP contribution in [-0.2, 0) is 3.79 Å². The lowest BCUT2D eigenvalue weighted by Gasteiger charge is -2.14. The van der Waals surface area contributed by atoms with Crippen LogP contribution in [0.5, 0.6) is 0 Å². The second-order valence-corrected chi connectivity index (χ2v) is 6.98. The van der Waals surface area contributed by atoms with Gasteiger partial charge in [-0.2, -0.15) is 0 Å². The zero-order valence-electron chi connectivity index (χ0n) is 8.87. The fourth-order valence-corrected chi connectivity index (χ4v) is 2.84. The highest BCUT2D eigenvalue weighted by Crippen LogP contribution is 2.41. The number of para-hydroxylation sites is 1. The van der Waals surface area contributed by atoms with E-state index in [2.05, 4.69) is 20.9 Å². The van der Waals surface area contributed by atoms with Crippen LogP contribution in [0.4, 0.5) is 0 Å². The molecule has 18 heavy (non-hydrogen) atoms. The summed E-state index contributed by atoms with van der Waals surface area (Å²) in [5.41, 5.74) is 3.15. The quantitative estimate of drug-likeness (QED) is 0.509. The lowest BCUT2D eigenvalue weighted by Crippen LogP contribution is -2.03. The smallest absolute Gasteiger partial charge is 0.218 e. The molecule has 2 nitrogen and oxygen atoms in total. The predicted octanol–water partition coefficient (Wildman–Crippen LogP) is 5.08. The highest BCUT2D eigenvalue weighted by molar-refractivity contribution is 9.10. The lowest BCUT2D eigenvalue weighted by molar-refractivity contribution is 1.18. The molecule has 0 unspecified atom stereocenters. The van der Waals surface area contributed by atoms with E-state index >= 15 is 0 Å². The van der Waals surface area contributed by atoms with Gasteiger partial charge in [-0.3, -0.25) is 4.98 Å². The molecule has 2 aromatic heterocycles. The van der Waals surface area contributed by atoms with Crippen molar-refractivity contribution in [2.24, 2.45) is 0 Å². The van der Waals surface area contributed by atoms with Crippen LogP contribution in [0, 0.1) is 0 Å². The second-order valence-electron chi connectivity index (χ2n) is 3.85. The van der Waals surface area contributed by atoms with Gasteiger partial charge < -0.3 is 4.40 Å². The Kier molecular flexibility index (Phi) is 2.98. The van der Waals surface area contributed by atoms with Crippen molar-refractivity contribution >= 4 is 67.3 Å².